The van der Waals surface area contributed by atoms with Crippen molar-refractivity contribution >= 4 is 55.1 Å². The number of ether oxygens (including phenoxy) is 1. The van der Waals surface area contributed by atoms with Gasteiger partial charge in [-0.3, -0.25) is 4.79 Å². The highest BCUT2D eigenvalue weighted by Crippen LogP contribution is 2.30. The third-order valence-electron chi connectivity index (χ3n) is 2.90. The lowest BCUT2D eigenvalue weighted by Gasteiger charge is -2.12. The number of rotatable bonds is 3. The Kier molecular flexibility index (Phi) is 5.30. The molecular weight excluding hydrogens is 421 g/mol. The first-order valence-corrected chi connectivity index (χ1v) is 7.99. The zero-order valence-electron chi connectivity index (χ0n) is 11.3. The molecule has 0 aromatic heterocycles. The Morgan fingerprint density at radius 3 is 2.62 bits per heavy atom. The number of amides is 1. The van der Waals surface area contributed by atoms with Gasteiger partial charge in [0.15, 0.2) is 0 Å². The van der Waals surface area contributed by atoms with Gasteiger partial charge in [-0.2, -0.15) is 0 Å². The molecule has 0 aliphatic heterocycles. The van der Waals surface area contributed by atoms with Crippen molar-refractivity contribution in [3.8, 4) is 5.75 Å². The molecule has 0 saturated heterocycles. The van der Waals surface area contributed by atoms with Gasteiger partial charge in [-0.25, -0.2) is 0 Å². The molecule has 0 aliphatic carbocycles. The van der Waals surface area contributed by atoms with Crippen molar-refractivity contribution < 1.29 is 9.53 Å². The van der Waals surface area contributed by atoms with E-state index in [1.165, 1.54) is 7.11 Å². The second-order valence-electron chi connectivity index (χ2n) is 4.38. The molecule has 110 valence electrons. The van der Waals surface area contributed by atoms with Crippen LogP contribution in [-0.4, -0.2) is 13.0 Å². The van der Waals surface area contributed by atoms with Crippen LogP contribution in [0.5, 0.6) is 5.75 Å². The van der Waals surface area contributed by atoms with Crippen LogP contribution in [-0.2, 0) is 0 Å². The summed E-state index contributed by atoms with van der Waals surface area (Å²) in [5.74, 6) is 0.233. The Labute approximate surface area is 144 Å². The van der Waals surface area contributed by atoms with Crippen molar-refractivity contribution in [2.24, 2.45) is 0 Å². The minimum absolute atomic E-state index is 0.264. The lowest BCUT2D eigenvalue weighted by molar-refractivity contribution is 0.102. The summed E-state index contributed by atoms with van der Waals surface area (Å²) in [7, 11) is 1.53. The smallest absolute Gasteiger partial charge is 0.259 e. The predicted octanol–water partition coefficient (Wildman–Crippen LogP) is 5.43. The van der Waals surface area contributed by atoms with Crippen molar-refractivity contribution in [3.63, 3.8) is 0 Å². The maximum Gasteiger partial charge on any atom is 0.259 e. The quantitative estimate of drug-likeness (QED) is 0.701. The zero-order valence-corrected chi connectivity index (χ0v) is 15.3. The summed E-state index contributed by atoms with van der Waals surface area (Å²) in [6, 6.07) is 8.80. The summed E-state index contributed by atoms with van der Waals surface area (Å²) in [6.07, 6.45) is 0. The number of carbonyl (C=O) groups excluding carboxylic acids is 1. The van der Waals surface area contributed by atoms with Crippen LogP contribution < -0.4 is 10.1 Å². The van der Waals surface area contributed by atoms with Crippen LogP contribution in [0.3, 0.4) is 0 Å². The molecule has 3 nitrogen and oxygen atoms in total. The van der Waals surface area contributed by atoms with Gasteiger partial charge in [0.25, 0.3) is 5.91 Å². The highest BCUT2D eigenvalue weighted by molar-refractivity contribution is 9.10. The van der Waals surface area contributed by atoms with E-state index in [0.717, 1.165) is 14.5 Å². The predicted molar refractivity (Wildman–Crippen MR) is 92.5 cm³/mol. The number of carbonyl (C=O) groups is 1. The molecule has 0 saturated carbocycles. The third kappa shape index (κ3) is 3.78. The maximum absolute atomic E-state index is 12.4. The summed E-state index contributed by atoms with van der Waals surface area (Å²) in [6.45, 7) is 1.90. The normalized spacial score (nSPS) is 10.3. The first kappa shape index (κ1) is 16.3. The van der Waals surface area contributed by atoms with Gasteiger partial charge in [-0.1, -0.05) is 27.5 Å². The van der Waals surface area contributed by atoms with Gasteiger partial charge in [-0.05, 0) is 58.7 Å². The first-order valence-electron chi connectivity index (χ1n) is 6.03. The van der Waals surface area contributed by atoms with Gasteiger partial charge in [-0.15, -0.1) is 0 Å². The fourth-order valence-corrected chi connectivity index (χ4v) is 2.85. The average Bonchev–Trinajstić information content (AvgIpc) is 2.44. The van der Waals surface area contributed by atoms with E-state index >= 15 is 0 Å². The molecule has 1 N–H and O–H groups in total. The number of methoxy groups -OCH3 is 1. The minimum Gasteiger partial charge on any atom is -0.496 e. The van der Waals surface area contributed by atoms with Gasteiger partial charge >= 0.3 is 0 Å². The highest BCUT2D eigenvalue weighted by atomic mass is 79.9. The Morgan fingerprint density at radius 1 is 1.24 bits per heavy atom. The molecule has 2 aromatic rings. The van der Waals surface area contributed by atoms with E-state index < -0.39 is 0 Å². The maximum atomic E-state index is 12.4. The van der Waals surface area contributed by atoms with E-state index in [-0.39, 0.29) is 5.91 Å². The van der Waals surface area contributed by atoms with E-state index in [1.54, 1.807) is 24.3 Å². The zero-order chi connectivity index (χ0) is 15.6. The summed E-state index contributed by atoms with van der Waals surface area (Å²) in [5.41, 5.74) is 1.99. The van der Waals surface area contributed by atoms with Crippen LogP contribution >= 0.6 is 43.5 Å². The van der Waals surface area contributed by atoms with Crippen LogP contribution in [0.4, 0.5) is 5.69 Å². The fourth-order valence-electron chi connectivity index (χ4n) is 1.78. The summed E-state index contributed by atoms with van der Waals surface area (Å²) in [5, 5.41) is 3.42. The Morgan fingerprint density at radius 2 is 1.95 bits per heavy atom. The van der Waals surface area contributed by atoms with Gasteiger partial charge in [0.1, 0.15) is 5.75 Å². The number of anilines is 1. The van der Waals surface area contributed by atoms with Crippen molar-refractivity contribution in [2.45, 2.75) is 6.92 Å². The molecule has 0 spiro atoms. The molecule has 0 fully saturated rings. The first-order chi connectivity index (χ1) is 9.92. The molecule has 0 bridgehead atoms. The third-order valence-corrected chi connectivity index (χ3v) is 4.46. The van der Waals surface area contributed by atoms with Crippen LogP contribution in [0.25, 0.3) is 0 Å². The molecule has 1 amide bonds. The van der Waals surface area contributed by atoms with Crippen molar-refractivity contribution in [1.29, 1.82) is 0 Å². The minimum atomic E-state index is -0.264. The van der Waals surface area contributed by atoms with Crippen LogP contribution in [0, 0.1) is 6.92 Å². The lowest BCUT2D eigenvalue weighted by atomic mass is 10.1. The number of aryl methyl sites for hydroxylation is 1. The average molecular weight is 434 g/mol. The summed E-state index contributed by atoms with van der Waals surface area (Å²) >= 11 is 12.9. The number of hydrogen-bond donors (Lipinski definition) is 1. The van der Waals surface area contributed by atoms with E-state index in [1.807, 2.05) is 13.0 Å². The second-order valence-corrected chi connectivity index (χ2v) is 6.56. The highest BCUT2D eigenvalue weighted by Gasteiger charge is 2.14. The van der Waals surface area contributed by atoms with Gasteiger partial charge in [0, 0.05) is 14.0 Å². The molecule has 2 aromatic carbocycles. The van der Waals surface area contributed by atoms with Crippen molar-refractivity contribution in [3.05, 3.63) is 55.4 Å². The molecule has 21 heavy (non-hydrogen) atoms. The Hall–Kier alpha value is -1.04. The number of benzene rings is 2. The van der Waals surface area contributed by atoms with E-state index in [4.69, 9.17) is 16.3 Å². The molecule has 0 atom stereocenters. The van der Waals surface area contributed by atoms with Gasteiger partial charge < -0.3 is 10.1 Å². The number of halogens is 3. The Balaban J connectivity index is 2.32. The lowest BCUT2D eigenvalue weighted by Crippen LogP contribution is -2.13. The number of hydrogen-bond acceptors (Lipinski definition) is 2. The molecule has 6 heteroatoms. The monoisotopic (exact) mass is 431 g/mol. The topological polar surface area (TPSA) is 38.3 Å². The molecular formula is C15H12Br2ClNO2. The van der Waals surface area contributed by atoms with Crippen LogP contribution in [0.1, 0.15) is 15.9 Å². The van der Waals surface area contributed by atoms with Crippen molar-refractivity contribution in [1.82, 2.24) is 0 Å². The van der Waals surface area contributed by atoms with Crippen molar-refractivity contribution in [2.75, 3.05) is 12.4 Å². The summed E-state index contributed by atoms with van der Waals surface area (Å²) < 4.78 is 6.84. The Bertz CT molecular complexity index is 704. The largest absolute Gasteiger partial charge is 0.496 e. The fraction of sp³-hybridized carbons (Fsp3) is 0.133. The molecule has 0 heterocycles. The van der Waals surface area contributed by atoms with Crippen LogP contribution in [0.2, 0.25) is 5.02 Å². The standard InChI is InChI=1S/C15H12Br2ClNO2/c1-8-5-11(17)13(7-12(8)18)19-15(20)10-4-3-9(16)6-14(10)21-2/h3-7H,1-2H3,(H,19,20). The van der Waals surface area contributed by atoms with Crippen LogP contribution in [0.15, 0.2) is 39.3 Å². The molecule has 0 aliphatic rings. The molecule has 0 unspecified atom stereocenters. The number of nitrogens with one attached hydrogen (secondary N) is 1. The second kappa shape index (κ2) is 6.81. The molecule has 2 rings (SSSR count). The van der Waals surface area contributed by atoms with Gasteiger partial charge in [0.05, 0.1) is 18.4 Å². The van der Waals surface area contributed by atoms with E-state index in [2.05, 4.69) is 37.2 Å². The summed E-state index contributed by atoms with van der Waals surface area (Å²) in [4.78, 5) is 12.4. The SMILES string of the molecule is COc1cc(Br)ccc1C(=O)Nc1cc(Cl)c(C)cc1Br. The van der Waals surface area contributed by atoms with E-state index in [9.17, 15) is 4.79 Å². The van der Waals surface area contributed by atoms with Gasteiger partial charge in [0.2, 0.25) is 0 Å². The van der Waals surface area contributed by atoms with E-state index in [0.29, 0.717) is 22.0 Å². The molecule has 0 radical (unpaired) electrons.